The Morgan fingerprint density at radius 2 is 1.77 bits per heavy atom. The molecule has 0 aliphatic heterocycles. The van der Waals surface area contributed by atoms with Crippen molar-refractivity contribution >= 4 is 68.3 Å². The van der Waals surface area contributed by atoms with Gasteiger partial charge in [-0.15, -0.1) is 0 Å². The second-order valence-corrected chi connectivity index (χ2v) is 7.78. The minimum atomic E-state index is -0.419. The summed E-state index contributed by atoms with van der Waals surface area (Å²) in [5.74, 6) is -0.145. The maximum absolute atomic E-state index is 13.2. The van der Waals surface area contributed by atoms with Gasteiger partial charge in [-0.3, -0.25) is 9.59 Å². The molecule has 2 heterocycles. The Labute approximate surface area is 187 Å². The van der Waals surface area contributed by atoms with E-state index in [0.717, 1.165) is 0 Å². The van der Waals surface area contributed by atoms with Crippen LogP contribution in [-0.4, -0.2) is 18.9 Å². The number of benzene rings is 2. The molecule has 0 radical (unpaired) electrons. The maximum atomic E-state index is 13.2. The number of furan rings is 1. The van der Waals surface area contributed by atoms with Crippen molar-refractivity contribution in [3.8, 4) is 5.75 Å². The Kier molecular flexibility index (Phi) is 5.47. The zero-order valence-corrected chi connectivity index (χ0v) is 18.4. The summed E-state index contributed by atoms with van der Waals surface area (Å²) in [6.07, 6.45) is 3.28. The lowest BCUT2D eigenvalue weighted by Gasteiger charge is -2.10. The predicted octanol–water partition coefficient (Wildman–Crippen LogP) is 4.94. The topological polar surface area (TPSA) is 84.4 Å². The molecule has 2 N–H and O–H groups in total. The van der Waals surface area contributed by atoms with E-state index in [4.69, 9.17) is 32.4 Å². The molecular formula is C22H18Cl2N3O4+. The van der Waals surface area contributed by atoms with Crippen LogP contribution in [0.1, 0.15) is 17.3 Å². The summed E-state index contributed by atoms with van der Waals surface area (Å²) >= 11 is 12.6. The van der Waals surface area contributed by atoms with Crippen LogP contribution in [0, 0.1) is 0 Å². The quantitative estimate of drug-likeness (QED) is 0.424. The van der Waals surface area contributed by atoms with Crippen molar-refractivity contribution in [1.82, 2.24) is 0 Å². The predicted molar refractivity (Wildman–Crippen MR) is 120 cm³/mol. The third-order valence-corrected chi connectivity index (χ3v) is 5.29. The van der Waals surface area contributed by atoms with Crippen LogP contribution in [0.25, 0.3) is 21.9 Å². The number of fused-ring (bicyclic) bond motifs is 3. The van der Waals surface area contributed by atoms with Crippen molar-refractivity contribution in [3.05, 3.63) is 58.3 Å². The second-order valence-electron chi connectivity index (χ2n) is 6.96. The summed E-state index contributed by atoms with van der Waals surface area (Å²) in [4.78, 5) is 24.7. The SMILES string of the molecule is COc1ccc(C(=O)Nc2c(Cl)c[n+](C)cc2Cl)c2c1oc1ccc(NC(C)=O)cc12. The lowest BCUT2D eigenvalue weighted by atomic mass is 10.0. The number of pyridine rings is 1. The Balaban J connectivity index is 1.89. The standard InChI is InChI=1S/C22H17Cl2N3O4/c1-11(28)25-12-4-6-17-14(8-12)19-13(5-7-18(30-3)21(19)31-17)22(29)26-20-15(23)9-27(2)10-16(20)24/h4-10H,1-3H3,(H,25,28)/p+1. The molecule has 0 unspecified atom stereocenters. The highest BCUT2D eigenvalue weighted by molar-refractivity contribution is 6.39. The van der Waals surface area contributed by atoms with Crippen LogP contribution >= 0.6 is 23.2 Å². The minimum Gasteiger partial charge on any atom is -0.493 e. The summed E-state index contributed by atoms with van der Waals surface area (Å²) in [6.45, 7) is 1.42. The number of nitrogens with one attached hydrogen (secondary N) is 2. The first-order valence-corrected chi connectivity index (χ1v) is 10.0. The normalized spacial score (nSPS) is 11.0. The molecule has 2 aromatic heterocycles. The fourth-order valence-corrected chi connectivity index (χ4v) is 4.08. The maximum Gasteiger partial charge on any atom is 0.256 e. The number of aromatic nitrogens is 1. The summed E-state index contributed by atoms with van der Waals surface area (Å²) < 4.78 is 13.1. The average molecular weight is 459 g/mol. The number of hydrogen-bond donors (Lipinski definition) is 2. The van der Waals surface area contributed by atoms with Gasteiger partial charge in [-0.25, -0.2) is 4.57 Å². The van der Waals surface area contributed by atoms with Gasteiger partial charge in [-0.05, 0) is 30.3 Å². The van der Waals surface area contributed by atoms with Gasteiger partial charge in [0, 0.05) is 23.4 Å². The van der Waals surface area contributed by atoms with Gasteiger partial charge in [0.25, 0.3) is 5.91 Å². The smallest absolute Gasteiger partial charge is 0.256 e. The van der Waals surface area contributed by atoms with Gasteiger partial charge in [-0.1, -0.05) is 23.2 Å². The number of anilines is 2. The van der Waals surface area contributed by atoms with E-state index in [2.05, 4.69) is 10.6 Å². The van der Waals surface area contributed by atoms with Gasteiger partial charge in [0.1, 0.15) is 22.7 Å². The van der Waals surface area contributed by atoms with Crippen molar-refractivity contribution in [2.45, 2.75) is 6.92 Å². The number of rotatable bonds is 4. The van der Waals surface area contributed by atoms with E-state index < -0.39 is 5.91 Å². The Bertz CT molecular complexity index is 1340. The van der Waals surface area contributed by atoms with Gasteiger partial charge in [0.2, 0.25) is 5.91 Å². The molecule has 0 saturated carbocycles. The van der Waals surface area contributed by atoms with E-state index in [1.54, 1.807) is 54.3 Å². The molecule has 0 aliphatic rings. The highest BCUT2D eigenvalue weighted by Crippen LogP contribution is 2.39. The number of aryl methyl sites for hydroxylation is 1. The van der Waals surface area contributed by atoms with Crippen LogP contribution in [-0.2, 0) is 11.8 Å². The van der Waals surface area contributed by atoms with Crippen molar-refractivity contribution in [2.75, 3.05) is 17.7 Å². The number of methoxy groups -OCH3 is 1. The van der Waals surface area contributed by atoms with Crippen molar-refractivity contribution < 1.29 is 23.3 Å². The largest absolute Gasteiger partial charge is 0.493 e. The molecule has 9 heteroatoms. The highest BCUT2D eigenvalue weighted by atomic mass is 35.5. The van der Waals surface area contributed by atoms with Crippen LogP contribution in [0.5, 0.6) is 5.75 Å². The Morgan fingerprint density at radius 3 is 2.42 bits per heavy atom. The molecule has 0 saturated heterocycles. The number of halogens is 2. The molecule has 31 heavy (non-hydrogen) atoms. The third kappa shape index (κ3) is 3.89. The van der Waals surface area contributed by atoms with Gasteiger partial charge in [-0.2, -0.15) is 0 Å². The Hall–Kier alpha value is -3.29. The third-order valence-electron chi connectivity index (χ3n) is 4.72. The fourth-order valence-electron chi connectivity index (χ4n) is 3.43. The number of nitrogens with zero attached hydrogens (tertiary/aromatic N) is 1. The van der Waals surface area contributed by atoms with Gasteiger partial charge in [0.05, 0.1) is 18.4 Å². The molecular weight excluding hydrogens is 441 g/mol. The zero-order valence-electron chi connectivity index (χ0n) is 16.9. The monoisotopic (exact) mass is 458 g/mol. The molecule has 2 amide bonds. The van der Waals surface area contributed by atoms with Gasteiger partial charge < -0.3 is 19.8 Å². The van der Waals surface area contributed by atoms with E-state index in [-0.39, 0.29) is 5.91 Å². The molecule has 0 fully saturated rings. The molecule has 4 rings (SSSR count). The molecule has 4 aromatic rings. The molecule has 2 aromatic carbocycles. The first-order valence-electron chi connectivity index (χ1n) is 9.25. The molecule has 0 aliphatic carbocycles. The number of amides is 2. The van der Waals surface area contributed by atoms with Crippen LogP contribution < -0.4 is 19.9 Å². The van der Waals surface area contributed by atoms with Crippen LogP contribution in [0.15, 0.2) is 47.1 Å². The summed E-state index contributed by atoms with van der Waals surface area (Å²) in [5, 5.41) is 7.33. The summed E-state index contributed by atoms with van der Waals surface area (Å²) in [7, 11) is 3.30. The molecule has 158 valence electrons. The van der Waals surface area contributed by atoms with E-state index >= 15 is 0 Å². The molecule has 0 spiro atoms. The van der Waals surface area contributed by atoms with E-state index in [1.165, 1.54) is 14.0 Å². The summed E-state index contributed by atoms with van der Waals surface area (Å²) in [6, 6.07) is 8.50. The first kappa shape index (κ1) is 21.0. The first-order chi connectivity index (χ1) is 14.8. The van der Waals surface area contributed by atoms with Gasteiger partial charge >= 0.3 is 0 Å². The molecule has 0 bridgehead atoms. The Morgan fingerprint density at radius 1 is 1.06 bits per heavy atom. The van der Waals surface area contributed by atoms with Crippen LogP contribution in [0.4, 0.5) is 11.4 Å². The van der Waals surface area contributed by atoms with E-state index in [9.17, 15) is 9.59 Å². The van der Waals surface area contributed by atoms with Crippen molar-refractivity contribution in [1.29, 1.82) is 0 Å². The minimum absolute atomic E-state index is 0.204. The summed E-state index contributed by atoms with van der Waals surface area (Å²) in [5.41, 5.74) is 2.20. The van der Waals surface area contributed by atoms with Gasteiger partial charge in [0.15, 0.2) is 23.7 Å². The van der Waals surface area contributed by atoms with E-state index in [0.29, 0.717) is 54.7 Å². The lowest BCUT2D eigenvalue weighted by Crippen LogP contribution is -2.27. The van der Waals surface area contributed by atoms with Crippen LogP contribution in [0.3, 0.4) is 0 Å². The fraction of sp³-hybridized carbons (Fsp3) is 0.136. The average Bonchev–Trinajstić information content (AvgIpc) is 3.08. The van der Waals surface area contributed by atoms with Crippen LogP contribution in [0.2, 0.25) is 10.0 Å². The van der Waals surface area contributed by atoms with Crippen molar-refractivity contribution in [3.63, 3.8) is 0 Å². The highest BCUT2D eigenvalue weighted by Gasteiger charge is 2.22. The van der Waals surface area contributed by atoms with Crippen molar-refractivity contribution in [2.24, 2.45) is 7.05 Å². The van der Waals surface area contributed by atoms with E-state index in [1.807, 2.05) is 0 Å². The molecule has 0 atom stereocenters. The lowest BCUT2D eigenvalue weighted by molar-refractivity contribution is -0.671. The number of carbonyl (C=O) groups is 2. The second kappa shape index (κ2) is 8.09. The number of hydrogen-bond acceptors (Lipinski definition) is 4. The number of ether oxygens (including phenoxy) is 1. The zero-order chi connectivity index (χ0) is 22.3. The molecule has 7 nitrogen and oxygen atoms in total. The number of carbonyl (C=O) groups excluding carboxylic acids is 2.